The van der Waals surface area contributed by atoms with E-state index >= 15 is 0 Å². The summed E-state index contributed by atoms with van der Waals surface area (Å²) in [6.45, 7) is 0. The average molecular weight is 336 g/mol. The molecule has 2 aromatic heterocycles. The van der Waals surface area contributed by atoms with Crippen molar-refractivity contribution in [1.29, 1.82) is 0 Å². The third kappa shape index (κ3) is 1.63. The van der Waals surface area contributed by atoms with E-state index in [1.54, 1.807) is 18.4 Å². The molecule has 0 saturated carbocycles. The molecule has 1 aliphatic rings. The number of benzene rings is 1. The van der Waals surface area contributed by atoms with Gasteiger partial charge in [-0.25, -0.2) is 9.50 Å². The highest BCUT2D eigenvalue weighted by atomic mass is 79.9. The summed E-state index contributed by atoms with van der Waals surface area (Å²) in [4.78, 5) is 5.66. The molecule has 0 saturated heterocycles. The van der Waals surface area contributed by atoms with E-state index in [1.807, 2.05) is 10.6 Å². The van der Waals surface area contributed by atoms with E-state index < -0.39 is 0 Å². The van der Waals surface area contributed by atoms with Gasteiger partial charge in [-0.15, -0.1) is 5.10 Å². The van der Waals surface area contributed by atoms with Gasteiger partial charge in [0.1, 0.15) is 5.75 Å². The van der Waals surface area contributed by atoms with Crippen molar-refractivity contribution in [3.8, 4) is 17.0 Å². The monoisotopic (exact) mass is 335 g/mol. The SMILES string of the molecule is COc1ccc2c(c1)-c1nc3sc(Br)nn3c1CC2. The van der Waals surface area contributed by atoms with Crippen LogP contribution in [-0.2, 0) is 12.8 Å². The second-order valence-corrected chi connectivity index (χ2v) is 6.71. The van der Waals surface area contributed by atoms with Gasteiger partial charge in [-0.05, 0) is 46.5 Å². The molecule has 4 rings (SSSR count). The molecule has 0 unspecified atom stereocenters. The number of aryl methyl sites for hydroxylation is 2. The van der Waals surface area contributed by atoms with E-state index in [0.717, 1.165) is 33.2 Å². The van der Waals surface area contributed by atoms with E-state index in [2.05, 4.69) is 33.2 Å². The van der Waals surface area contributed by atoms with Gasteiger partial charge in [-0.3, -0.25) is 0 Å². The summed E-state index contributed by atoms with van der Waals surface area (Å²) in [5.74, 6) is 0.872. The van der Waals surface area contributed by atoms with Gasteiger partial charge in [0, 0.05) is 5.56 Å². The predicted octanol–water partition coefficient (Wildman–Crippen LogP) is 3.33. The summed E-state index contributed by atoms with van der Waals surface area (Å²) in [5.41, 5.74) is 4.75. The van der Waals surface area contributed by atoms with Gasteiger partial charge in [-0.2, -0.15) is 0 Å². The van der Waals surface area contributed by atoms with E-state index in [-0.39, 0.29) is 0 Å². The molecule has 19 heavy (non-hydrogen) atoms. The lowest BCUT2D eigenvalue weighted by Crippen LogP contribution is -2.06. The molecule has 0 atom stereocenters. The van der Waals surface area contributed by atoms with Crippen LogP contribution in [-0.4, -0.2) is 21.7 Å². The van der Waals surface area contributed by atoms with Gasteiger partial charge in [0.2, 0.25) is 4.96 Å². The Morgan fingerprint density at radius 1 is 1.37 bits per heavy atom. The predicted molar refractivity (Wildman–Crippen MR) is 78.0 cm³/mol. The first-order valence-corrected chi connectivity index (χ1v) is 7.58. The summed E-state index contributed by atoms with van der Waals surface area (Å²) >= 11 is 4.97. The van der Waals surface area contributed by atoms with Crippen molar-refractivity contribution in [2.45, 2.75) is 12.8 Å². The maximum atomic E-state index is 5.31. The highest BCUT2D eigenvalue weighted by Gasteiger charge is 2.23. The number of fused-ring (bicyclic) bond motifs is 5. The molecule has 3 aromatic rings. The molecule has 0 aliphatic heterocycles. The fraction of sp³-hybridized carbons (Fsp3) is 0.231. The highest BCUT2D eigenvalue weighted by Crippen LogP contribution is 2.37. The zero-order chi connectivity index (χ0) is 13.0. The van der Waals surface area contributed by atoms with Crippen LogP contribution in [0, 0.1) is 0 Å². The van der Waals surface area contributed by atoms with Crippen LogP contribution in [0.15, 0.2) is 22.1 Å². The second-order valence-electron chi connectivity index (χ2n) is 4.48. The van der Waals surface area contributed by atoms with Gasteiger partial charge in [0.05, 0.1) is 18.5 Å². The van der Waals surface area contributed by atoms with Gasteiger partial charge in [0.25, 0.3) is 0 Å². The summed E-state index contributed by atoms with van der Waals surface area (Å²) in [5, 5.41) is 4.46. The minimum atomic E-state index is 0.870. The summed E-state index contributed by atoms with van der Waals surface area (Å²) in [6.07, 6.45) is 2.00. The molecule has 0 amide bonds. The summed E-state index contributed by atoms with van der Waals surface area (Å²) in [6, 6.07) is 6.21. The Morgan fingerprint density at radius 2 is 2.26 bits per heavy atom. The minimum absolute atomic E-state index is 0.870. The van der Waals surface area contributed by atoms with E-state index in [1.165, 1.54) is 16.8 Å². The highest BCUT2D eigenvalue weighted by molar-refractivity contribution is 9.11. The number of rotatable bonds is 1. The lowest BCUT2D eigenvalue weighted by atomic mass is 9.92. The second kappa shape index (κ2) is 4.05. The number of imidazole rings is 1. The maximum absolute atomic E-state index is 5.31. The molecule has 0 N–H and O–H groups in total. The lowest BCUT2D eigenvalue weighted by molar-refractivity contribution is 0.415. The van der Waals surface area contributed by atoms with Gasteiger partial charge in [-0.1, -0.05) is 17.4 Å². The van der Waals surface area contributed by atoms with Crippen LogP contribution >= 0.6 is 27.3 Å². The van der Waals surface area contributed by atoms with E-state index in [4.69, 9.17) is 9.72 Å². The fourth-order valence-corrected chi connectivity index (χ4v) is 3.82. The molecule has 1 aromatic carbocycles. The van der Waals surface area contributed by atoms with Crippen molar-refractivity contribution in [2.75, 3.05) is 7.11 Å². The van der Waals surface area contributed by atoms with Crippen LogP contribution in [0.3, 0.4) is 0 Å². The molecule has 4 nitrogen and oxygen atoms in total. The smallest absolute Gasteiger partial charge is 0.213 e. The first-order chi connectivity index (χ1) is 9.26. The fourth-order valence-electron chi connectivity index (χ4n) is 2.58. The average Bonchev–Trinajstić information content (AvgIpc) is 2.94. The lowest BCUT2D eigenvalue weighted by Gasteiger charge is -2.16. The third-order valence-electron chi connectivity index (χ3n) is 3.48. The number of hydrogen-bond donors (Lipinski definition) is 0. The maximum Gasteiger partial charge on any atom is 0.213 e. The molecule has 0 fully saturated rings. The minimum Gasteiger partial charge on any atom is -0.497 e. The Hall–Kier alpha value is -1.40. The van der Waals surface area contributed by atoms with Crippen molar-refractivity contribution < 1.29 is 4.74 Å². The van der Waals surface area contributed by atoms with Crippen LogP contribution in [0.5, 0.6) is 5.75 Å². The van der Waals surface area contributed by atoms with Crippen LogP contribution in [0.2, 0.25) is 0 Å². The molecule has 0 bridgehead atoms. The first-order valence-electron chi connectivity index (χ1n) is 5.97. The number of aromatic nitrogens is 3. The summed E-state index contributed by atoms with van der Waals surface area (Å²) in [7, 11) is 1.69. The molecule has 1 aliphatic carbocycles. The van der Waals surface area contributed by atoms with Gasteiger partial charge >= 0.3 is 0 Å². The number of methoxy groups -OCH3 is 1. The Balaban J connectivity index is 2.00. The molecule has 96 valence electrons. The van der Waals surface area contributed by atoms with Crippen LogP contribution in [0.1, 0.15) is 11.3 Å². The number of nitrogens with zero attached hydrogens (tertiary/aromatic N) is 3. The van der Waals surface area contributed by atoms with Crippen LogP contribution in [0.25, 0.3) is 16.2 Å². The zero-order valence-electron chi connectivity index (χ0n) is 10.2. The molecule has 6 heteroatoms. The quantitative estimate of drug-likeness (QED) is 0.684. The Bertz CT molecular complexity index is 793. The molecule has 0 radical (unpaired) electrons. The van der Waals surface area contributed by atoms with E-state index in [0.29, 0.717) is 0 Å². The zero-order valence-corrected chi connectivity index (χ0v) is 12.6. The van der Waals surface area contributed by atoms with Crippen molar-refractivity contribution in [3.05, 3.63) is 33.4 Å². The Kier molecular flexibility index (Phi) is 2.43. The third-order valence-corrected chi connectivity index (χ3v) is 4.82. The first kappa shape index (κ1) is 11.4. The number of hydrogen-bond acceptors (Lipinski definition) is 4. The van der Waals surface area contributed by atoms with Gasteiger partial charge in [0.15, 0.2) is 3.92 Å². The Labute approximate surface area is 122 Å². The molecular weight excluding hydrogens is 326 g/mol. The number of ether oxygens (including phenoxy) is 1. The topological polar surface area (TPSA) is 39.4 Å². The molecule has 2 heterocycles. The Morgan fingerprint density at radius 3 is 3.11 bits per heavy atom. The summed E-state index contributed by atoms with van der Waals surface area (Å²) < 4.78 is 8.14. The van der Waals surface area contributed by atoms with Crippen molar-refractivity contribution in [1.82, 2.24) is 14.6 Å². The standard InChI is InChI=1S/C13H10BrN3OS/c1-18-8-4-2-7-3-5-10-11(9(7)6-8)15-13-17(10)16-12(14)19-13/h2,4,6H,3,5H2,1H3. The van der Waals surface area contributed by atoms with Crippen molar-refractivity contribution in [2.24, 2.45) is 0 Å². The molecular formula is C13H10BrN3OS. The number of halogens is 1. The van der Waals surface area contributed by atoms with Crippen molar-refractivity contribution >= 4 is 32.2 Å². The van der Waals surface area contributed by atoms with E-state index in [9.17, 15) is 0 Å². The van der Waals surface area contributed by atoms with Crippen molar-refractivity contribution in [3.63, 3.8) is 0 Å². The van der Waals surface area contributed by atoms with Gasteiger partial charge < -0.3 is 4.74 Å². The molecule has 0 spiro atoms. The van der Waals surface area contributed by atoms with Crippen LogP contribution < -0.4 is 4.74 Å². The van der Waals surface area contributed by atoms with Crippen LogP contribution in [0.4, 0.5) is 0 Å². The largest absolute Gasteiger partial charge is 0.497 e. The normalized spacial score (nSPS) is 13.4.